The number of amides is 1. The smallest absolute Gasteiger partial charge is 0.357 e. The molecule has 0 atom stereocenters. The van der Waals surface area contributed by atoms with E-state index in [0.717, 1.165) is 16.0 Å². The van der Waals surface area contributed by atoms with E-state index in [4.69, 9.17) is 9.15 Å². The van der Waals surface area contributed by atoms with E-state index in [0.29, 0.717) is 11.5 Å². The van der Waals surface area contributed by atoms with Crippen LogP contribution in [0, 0.1) is 0 Å². The van der Waals surface area contributed by atoms with Crippen LogP contribution in [-0.2, 0) is 16.1 Å². The molecule has 0 aliphatic carbocycles. The van der Waals surface area contributed by atoms with Gasteiger partial charge in [-0.25, -0.2) is 14.5 Å². The molecule has 0 aliphatic heterocycles. The average Bonchev–Trinajstić information content (AvgIpc) is 3.29. The molecule has 3 rings (SSSR count). The van der Waals surface area contributed by atoms with E-state index in [1.54, 1.807) is 19.1 Å². The molecule has 0 aliphatic rings. The Kier molecular flexibility index (Phi) is 5.23. The molecule has 0 unspecified atom stereocenters. The predicted octanol–water partition coefficient (Wildman–Crippen LogP) is 1.78. The number of furan rings is 1. The molecule has 0 fully saturated rings. The third-order valence-electron chi connectivity index (χ3n) is 3.17. The van der Waals surface area contributed by atoms with Crippen LogP contribution in [0.2, 0.25) is 0 Å². The molecular weight excluding hydrogens is 360 g/mol. The molecule has 1 amide bonds. The van der Waals surface area contributed by atoms with Gasteiger partial charge in [-0.15, -0.1) is 11.3 Å². The number of anilines is 1. The molecule has 0 saturated heterocycles. The van der Waals surface area contributed by atoms with Gasteiger partial charge >= 0.3 is 5.97 Å². The lowest BCUT2D eigenvalue weighted by Gasteiger charge is -2.05. The summed E-state index contributed by atoms with van der Waals surface area (Å²) in [5, 5.41) is 8.35. The number of aromatic nitrogens is 3. The Morgan fingerprint density at radius 3 is 2.92 bits per heavy atom. The summed E-state index contributed by atoms with van der Waals surface area (Å²) >= 11 is 1.08. The van der Waals surface area contributed by atoms with Gasteiger partial charge in [-0.2, -0.15) is 5.10 Å². The molecule has 10 heteroatoms. The van der Waals surface area contributed by atoms with Crippen molar-refractivity contribution in [2.75, 3.05) is 11.9 Å². The van der Waals surface area contributed by atoms with Crippen molar-refractivity contribution in [3.63, 3.8) is 0 Å². The molecule has 0 spiro atoms. The molecule has 9 nitrogen and oxygen atoms in total. The van der Waals surface area contributed by atoms with E-state index >= 15 is 0 Å². The summed E-state index contributed by atoms with van der Waals surface area (Å²) in [6.07, 6.45) is 1.49. The number of esters is 1. The Morgan fingerprint density at radius 1 is 1.35 bits per heavy atom. The summed E-state index contributed by atoms with van der Waals surface area (Å²) in [4.78, 5) is 39.6. The summed E-state index contributed by atoms with van der Waals surface area (Å²) in [5.74, 6) is -0.576. The van der Waals surface area contributed by atoms with Gasteiger partial charge in [-0.1, -0.05) is 0 Å². The normalized spacial score (nSPS) is 10.5. The standard InChI is InChI=1S/C16H14N4O5S/c1-2-24-15(23)11-9-26-16(17-11)18-13(21)8-20-14(22)6-5-10(19-20)12-4-3-7-25-12/h3-7,9H,2,8H2,1H3,(H,17,18,21). The van der Waals surface area contributed by atoms with Gasteiger partial charge in [-0.05, 0) is 25.1 Å². The Hall–Kier alpha value is -3.27. The number of rotatable bonds is 6. The van der Waals surface area contributed by atoms with Crippen LogP contribution in [0.5, 0.6) is 0 Å². The van der Waals surface area contributed by atoms with Crippen LogP contribution >= 0.6 is 11.3 Å². The number of thiazole rings is 1. The lowest BCUT2D eigenvalue weighted by molar-refractivity contribution is -0.117. The zero-order chi connectivity index (χ0) is 18.5. The topological polar surface area (TPSA) is 116 Å². The van der Waals surface area contributed by atoms with Gasteiger partial charge in [-0.3, -0.25) is 9.59 Å². The fourth-order valence-electron chi connectivity index (χ4n) is 2.04. The third-order valence-corrected chi connectivity index (χ3v) is 3.93. The van der Waals surface area contributed by atoms with Crippen LogP contribution < -0.4 is 10.9 Å². The van der Waals surface area contributed by atoms with Crippen LogP contribution in [0.3, 0.4) is 0 Å². The summed E-state index contributed by atoms with van der Waals surface area (Å²) in [5.41, 5.74) is 0.116. The van der Waals surface area contributed by atoms with E-state index in [1.807, 2.05) is 0 Å². The van der Waals surface area contributed by atoms with Crippen LogP contribution in [-0.4, -0.2) is 33.2 Å². The SMILES string of the molecule is CCOC(=O)c1csc(NC(=O)Cn2nc(-c3ccco3)ccc2=O)n1. The fraction of sp³-hybridized carbons (Fsp3) is 0.188. The highest BCUT2D eigenvalue weighted by atomic mass is 32.1. The van der Waals surface area contributed by atoms with E-state index in [9.17, 15) is 14.4 Å². The lowest BCUT2D eigenvalue weighted by atomic mass is 10.3. The minimum absolute atomic E-state index is 0.113. The maximum Gasteiger partial charge on any atom is 0.357 e. The first kappa shape index (κ1) is 17.5. The minimum Gasteiger partial charge on any atom is -0.463 e. The van der Waals surface area contributed by atoms with Crippen molar-refractivity contribution in [2.45, 2.75) is 13.5 Å². The quantitative estimate of drug-likeness (QED) is 0.654. The number of hydrogen-bond acceptors (Lipinski definition) is 8. The van der Waals surface area contributed by atoms with Crippen molar-refractivity contribution < 1.29 is 18.7 Å². The average molecular weight is 374 g/mol. The van der Waals surface area contributed by atoms with Crippen molar-refractivity contribution >= 4 is 28.3 Å². The van der Waals surface area contributed by atoms with E-state index in [1.165, 1.54) is 23.8 Å². The van der Waals surface area contributed by atoms with Crippen molar-refractivity contribution in [1.82, 2.24) is 14.8 Å². The van der Waals surface area contributed by atoms with Crippen molar-refractivity contribution in [2.24, 2.45) is 0 Å². The molecule has 1 N–H and O–H groups in total. The van der Waals surface area contributed by atoms with E-state index < -0.39 is 17.4 Å². The van der Waals surface area contributed by atoms with Gasteiger partial charge in [0.05, 0.1) is 12.9 Å². The lowest BCUT2D eigenvalue weighted by Crippen LogP contribution is -2.29. The van der Waals surface area contributed by atoms with Gasteiger partial charge in [0.1, 0.15) is 12.2 Å². The molecule has 26 heavy (non-hydrogen) atoms. The minimum atomic E-state index is -0.562. The first-order chi connectivity index (χ1) is 12.6. The zero-order valence-corrected chi connectivity index (χ0v) is 14.5. The summed E-state index contributed by atoms with van der Waals surface area (Å²) < 4.78 is 11.1. The molecule has 0 aromatic carbocycles. The highest BCUT2D eigenvalue weighted by Gasteiger charge is 2.14. The van der Waals surface area contributed by atoms with Gasteiger partial charge in [0.2, 0.25) is 5.91 Å². The summed E-state index contributed by atoms with van der Waals surface area (Å²) in [6, 6.07) is 6.22. The summed E-state index contributed by atoms with van der Waals surface area (Å²) in [6.45, 7) is 1.62. The van der Waals surface area contributed by atoms with Gasteiger partial charge < -0.3 is 14.5 Å². The third kappa shape index (κ3) is 4.03. The van der Waals surface area contributed by atoms with Crippen LogP contribution in [0.15, 0.2) is 45.1 Å². The first-order valence-electron chi connectivity index (χ1n) is 7.61. The van der Waals surface area contributed by atoms with E-state index in [2.05, 4.69) is 15.4 Å². The number of ether oxygens (including phenoxy) is 1. The molecular formula is C16H14N4O5S. The Labute approximate surface area is 151 Å². The number of nitrogens with one attached hydrogen (secondary N) is 1. The first-order valence-corrected chi connectivity index (χ1v) is 8.49. The van der Waals surface area contributed by atoms with Crippen LogP contribution in [0.4, 0.5) is 5.13 Å². The van der Waals surface area contributed by atoms with Crippen molar-refractivity contribution in [1.29, 1.82) is 0 Å². The number of carbonyl (C=O) groups excluding carboxylic acids is 2. The number of carbonyl (C=O) groups is 2. The van der Waals surface area contributed by atoms with Gasteiger partial charge in [0, 0.05) is 11.4 Å². The second-order valence-corrected chi connectivity index (χ2v) is 5.86. The zero-order valence-electron chi connectivity index (χ0n) is 13.7. The second-order valence-electron chi connectivity index (χ2n) is 5.00. The fourth-order valence-corrected chi connectivity index (χ4v) is 2.74. The molecule has 3 aromatic rings. The van der Waals surface area contributed by atoms with Crippen molar-refractivity contribution in [3.05, 3.63) is 52.0 Å². The molecule has 3 aromatic heterocycles. The van der Waals surface area contributed by atoms with Crippen LogP contribution in [0.1, 0.15) is 17.4 Å². The molecule has 3 heterocycles. The highest BCUT2D eigenvalue weighted by molar-refractivity contribution is 7.14. The Bertz CT molecular complexity index is 977. The largest absolute Gasteiger partial charge is 0.463 e. The maximum atomic E-state index is 12.2. The maximum absolute atomic E-state index is 12.2. The van der Waals surface area contributed by atoms with Crippen molar-refractivity contribution in [3.8, 4) is 11.5 Å². The van der Waals surface area contributed by atoms with Gasteiger partial charge in [0.15, 0.2) is 16.6 Å². The van der Waals surface area contributed by atoms with E-state index in [-0.39, 0.29) is 24.0 Å². The summed E-state index contributed by atoms with van der Waals surface area (Å²) in [7, 11) is 0. The highest BCUT2D eigenvalue weighted by Crippen LogP contribution is 2.17. The molecule has 0 saturated carbocycles. The molecule has 0 radical (unpaired) electrons. The van der Waals surface area contributed by atoms with Gasteiger partial charge in [0.25, 0.3) is 5.56 Å². The molecule has 134 valence electrons. The Morgan fingerprint density at radius 2 is 2.19 bits per heavy atom. The Balaban J connectivity index is 1.70. The molecule has 0 bridgehead atoms. The van der Waals surface area contributed by atoms with Crippen LogP contribution in [0.25, 0.3) is 11.5 Å². The monoisotopic (exact) mass is 374 g/mol. The predicted molar refractivity (Wildman–Crippen MR) is 92.9 cm³/mol. The number of nitrogens with zero attached hydrogens (tertiary/aromatic N) is 3. The number of hydrogen-bond donors (Lipinski definition) is 1. The second kappa shape index (κ2) is 7.74.